The van der Waals surface area contributed by atoms with E-state index < -0.39 is 0 Å². The average molecular weight is 402 g/mol. The molecule has 0 amide bonds. The van der Waals surface area contributed by atoms with Crippen LogP contribution < -0.4 is 0 Å². The van der Waals surface area contributed by atoms with E-state index in [1.165, 1.54) is 14.7 Å². The topological polar surface area (TPSA) is 0 Å². The highest BCUT2D eigenvalue weighted by Gasteiger charge is 2.39. The van der Waals surface area contributed by atoms with Gasteiger partial charge in [-0.25, -0.2) is 4.39 Å². The van der Waals surface area contributed by atoms with Crippen molar-refractivity contribution in [1.82, 2.24) is 0 Å². The SMILES string of the molecule is Fc1ccc(C2(c3ccc(I)cc3)SCCS2)cc1. The van der Waals surface area contributed by atoms with E-state index >= 15 is 0 Å². The number of benzene rings is 2. The van der Waals surface area contributed by atoms with Crippen molar-refractivity contribution in [2.24, 2.45) is 0 Å². The quantitative estimate of drug-likeness (QED) is 0.641. The van der Waals surface area contributed by atoms with Crippen molar-refractivity contribution in [3.05, 3.63) is 69.0 Å². The summed E-state index contributed by atoms with van der Waals surface area (Å²) in [5.41, 5.74) is 2.48. The molecule has 2 aromatic rings. The van der Waals surface area contributed by atoms with Crippen molar-refractivity contribution >= 4 is 46.1 Å². The standard InChI is InChI=1S/C15H12FIS2/c16-13-5-1-11(2-6-13)15(18-9-10-19-15)12-3-7-14(17)8-4-12/h1-8H,9-10H2. The molecule has 0 bridgehead atoms. The third kappa shape index (κ3) is 2.67. The Balaban J connectivity index is 2.08. The van der Waals surface area contributed by atoms with Crippen LogP contribution in [0.25, 0.3) is 0 Å². The normalized spacial score (nSPS) is 17.6. The molecule has 0 unspecified atom stereocenters. The molecule has 1 saturated heterocycles. The fraction of sp³-hybridized carbons (Fsp3) is 0.200. The maximum Gasteiger partial charge on any atom is 0.123 e. The van der Waals surface area contributed by atoms with Crippen LogP contribution in [0.3, 0.4) is 0 Å². The van der Waals surface area contributed by atoms with Crippen LogP contribution in [0.1, 0.15) is 11.1 Å². The van der Waals surface area contributed by atoms with Gasteiger partial charge >= 0.3 is 0 Å². The molecule has 0 aliphatic carbocycles. The average Bonchev–Trinajstić information content (AvgIpc) is 2.91. The highest BCUT2D eigenvalue weighted by molar-refractivity contribution is 14.1. The van der Waals surface area contributed by atoms with Gasteiger partial charge in [0, 0.05) is 15.1 Å². The van der Waals surface area contributed by atoms with Crippen LogP contribution in [-0.4, -0.2) is 11.5 Å². The lowest BCUT2D eigenvalue weighted by Crippen LogP contribution is -2.16. The summed E-state index contributed by atoms with van der Waals surface area (Å²) in [6.45, 7) is 0. The molecule has 4 heteroatoms. The Labute approximate surface area is 134 Å². The minimum Gasteiger partial charge on any atom is -0.207 e. The zero-order valence-electron chi connectivity index (χ0n) is 10.1. The predicted octanol–water partition coefficient (Wildman–Crippen LogP) is 5.11. The second-order valence-electron chi connectivity index (χ2n) is 4.33. The Morgan fingerprint density at radius 2 is 1.32 bits per heavy atom. The smallest absolute Gasteiger partial charge is 0.123 e. The van der Waals surface area contributed by atoms with Crippen molar-refractivity contribution in [2.75, 3.05) is 11.5 Å². The first kappa shape index (κ1) is 13.8. The van der Waals surface area contributed by atoms with Crippen LogP contribution in [0, 0.1) is 9.39 Å². The third-order valence-corrected chi connectivity index (χ3v) is 7.40. The van der Waals surface area contributed by atoms with E-state index in [2.05, 4.69) is 46.9 Å². The van der Waals surface area contributed by atoms with Gasteiger partial charge in [-0.2, -0.15) is 0 Å². The van der Waals surface area contributed by atoms with Gasteiger partial charge in [-0.3, -0.25) is 0 Å². The Morgan fingerprint density at radius 1 is 0.842 bits per heavy atom. The highest BCUT2D eigenvalue weighted by Crippen LogP contribution is 2.56. The monoisotopic (exact) mass is 402 g/mol. The molecule has 2 aromatic carbocycles. The number of hydrogen-bond acceptors (Lipinski definition) is 2. The van der Waals surface area contributed by atoms with E-state index in [4.69, 9.17) is 0 Å². The van der Waals surface area contributed by atoms with Crippen molar-refractivity contribution < 1.29 is 4.39 Å². The van der Waals surface area contributed by atoms with E-state index in [-0.39, 0.29) is 9.90 Å². The number of thioether (sulfide) groups is 2. The van der Waals surface area contributed by atoms with Crippen LogP contribution in [0.4, 0.5) is 4.39 Å². The molecular weight excluding hydrogens is 390 g/mol. The van der Waals surface area contributed by atoms with E-state index in [0.717, 1.165) is 11.5 Å². The first-order chi connectivity index (χ1) is 9.21. The molecule has 98 valence electrons. The van der Waals surface area contributed by atoms with Gasteiger partial charge < -0.3 is 0 Å². The number of hydrogen-bond donors (Lipinski definition) is 0. The molecule has 19 heavy (non-hydrogen) atoms. The summed E-state index contributed by atoms with van der Waals surface area (Å²) in [6.07, 6.45) is 0. The molecule has 3 rings (SSSR count). The maximum atomic E-state index is 13.1. The lowest BCUT2D eigenvalue weighted by Gasteiger charge is -2.28. The largest absolute Gasteiger partial charge is 0.207 e. The molecule has 0 aromatic heterocycles. The summed E-state index contributed by atoms with van der Waals surface area (Å²) in [4.78, 5) is 0. The summed E-state index contributed by atoms with van der Waals surface area (Å²) in [5, 5.41) is 0. The van der Waals surface area contributed by atoms with Gasteiger partial charge in [-0.1, -0.05) is 24.3 Å². The fourth-order valence-electron chi connectivity index (χ4n) is 2.25. The molecule has 1 aliphatic rings. The van der Waals surface area contributed by atoms with E-state index in [1.54, 1.807) is 12.1 Å². The van der Waals surface area contributed by atoms with Crippen LogP contribution in [-0.2, 0) is 4.08 Å². The first-order valence-corrected chi connectivity index (χ1v) is 9.06. The van der Waals surface area contributed by atoms with Gasteiger partial charge in [0.25, 0.3) is 0 Å². The van der Waals surface area contributed by atoms with Crippen LogP contribution in [0.5, 0.6) is 0 Å². The summed E-state index contributed by atoms with van der Waals surface area (Å²) >= 11 is 6.21. The summed E-state index contributed by atoms with van der Waals surface area (Å²) in [5.74, 6) is 2.09. The molecule has 0 nitrogen and oxygen atoms in total. The van der Waals surface area contributed by atoms with E-state index in [1.807, 2.05) is 35.7 Å². The Hall–Kier alpha value is -0.200. The minimum absolute atomic E-state index is 0.0714. The molecule has 0 spiro atoms. The van der Waals surface area contributed by atoms with Gasteiger partial charge in [-0.15, -0.1) is 23.5 Å². The lowest BCUT2D eigenvalue weighted by atomic mass is 10.0. The Kier molecular flexibility index (Phi) is 4.10. The van der Waals surface area contributed by atoms with Gasteiger partial charge in [0.15, 0.2) is 0 Å². The van der Waals surface area contributed by atoms with Crippen LogP contribution >= 0.6 is 46.1 Å². The molecule has 0 saturated carbocycles. The number of halogens is 2. The maximum absolute atomic E-state index is 13.1. The molecule has 1 fully saturated rings. The van der Waals surface area contributed by atoms with Crippen LogP contribution in [0.2, 0.25) is 0 Å². The molecule has 0 N–H and O–H groups in total. The molecule has 0 atom stereocenters. The summed E-state index contributed by atoms with van der Waals surface area (Å²) in [7, 11) is 0. The first-order valence-electron chi connectivity index (χ1n) is 6.01. The van der Waals surface area contributed by atoms with E-state index in [9.17, 15) is 4.39 Å². The fourth-order valence-corrected chi connectivity index (χ4v) is 5.90. The van der Waals surface area contributed by atoms with Crippen molar-refractivity contribution in [3.63, 3.8) is 0 Å². The second-order valence-corrected chi connectivity index (χ2v) is 8.45. The summed E-state index contributed by atoms with van der Waals surface area (Å²) in [6, 6.07) is 15.6. The zero-order valence-corrected chi connectivity index (χ0v) is 13.9. The minimum atomic E-state index is -0.172. The van der Waals surface area contributed by atoms with Crippen LogP contribution in [0.15, 0.2) is 48.5 Å². The number of rotatable bonds is 2. The Morgan fingerprint density at radius 3 is 1.84 bits per heavy atom. The second kappa shape index (κ2) is 5.66. The van der Waals surface area contributed by atoms with Crippen molar-refractivity contribution in [2.45, 2.75) is 4.08 Å². The molecular formula is C15H12FIS2. The van der Waals surface area contributed by atoms with Gasteiger partial charge in [0.05, 0.1) is 0 Å². The molecule has 1 aliphatic heterocycles. The van der Waals surface area contributed by atoms with Crippen molar-refractivity contribution in [1.29, 1.82) is 0 Å². The van der Waals surface area contributed by atoms with Gasteiger partial charge in [0.1, 0.15) is 9.90 Å². The zero-order chi connectivity index (χ0) is 13.3. The highest BCUT2D eigenvalue weighted by atomic mass is 127. The van der Waals surface area contributed by atoms with E-state index in [0.29, 0.717) is 0 Å². The molecule has 0 radical (unpaired) electrons. The predicted molar refractivity (Wildman–Crippen MR) is 91.3 cm³/mol. The lowest BCUT2D eigenvalue weighted by molar-refractivity contribution is 0.627. The van der Waals surface area contributed by atoms with Crippen molar-refractivity contribution in [3.8, 4) is 0 Å². The molecule has 1 heterocycles. The third-order valence-electron chi connectivity index (χ3n) is 3.14. The summed E-state index contributed by atoms with van der Waals surface area (Å²) < 4.78 is 14.3. The van der Waals surface area contributed by atoms with Gasteiger partial charge in [0.2, 0.25) is 0 Å². The Bertz CT molecular complexity index is 512. The van der Waals surface area contributed by atoms with Gasteiger partial charge in [-0.05, 0) is 58.0 Å².